The summed E-state index contributed by atoms with van der Waals surface area (Å²) in [7, 11) is 0. The van der Waals surface area contributed by atoms with E-state index in [1.165, 1.54) is 0 Å². The molecule has 0 aliphatic rings. The van der Waals surface area contributed by atoms with Gasteiger partial charge in [-0.05, 0) is 24.3 Å². The predicted octanol–water partition coefficient (Wildman–Crippen LogP) is 4.29. The Morgan fingerprint density at radius 2 is 1.81 bits per heavy atom. The monoisotopic (exact) mass is 272 g/mol. The molecule has 2 rings (SSSR count). The molecule has 16 heavy (non-hydrogen) atoms. The fourth-order valence-electron chi connectivity index (χ4n) is 1.33. The van der Waals surface area contributed by atoms with Crippen molar-refractivity contribution in [3.8, 4) is 11.1 Å². The van der Waals surface area contributed by atoms with E-state index < -0.39 is 0 Å². The number of nitrogen functional groups attached to an aromatic ring is 1. The number of hydrogen-bond donors (Lipinski definition) is 1. The van der Waals surface area contributed by atoms with Crippen molar-refractivity contribution < 1.29 is 0 Å². The molecule has 0 saturated heterocycles. The highest BCUT2D eigenvalue weighted by Gasteiger charge is 2.07. The van der Waals surface area contributed by atoms with Gasteiger partial charge in [-0.3, -0.25) is 0 Å². The fraction of sp³-hybridized carbons (Fsp3) is 0. The number of hydrogen-bond acceptors (Lipinski definition) is 2. The van der Waals surface area contributed by atoms with Crippen LogP contribution in [0.1, 0.15) is 0 Å². The number of benzene rings is 1. The van der Waals surface area contributed by atoms with E-state index >= 15 is 0 Å². The Hall–Kier alpha value is -0.960. The lowest BCUT2D eigenvalue weighted by Gasteiger charge is -2.06. The molecule has 0 unspecified atom stereocenters. The third-order valence-electron chi connectivity index (χ3n) is 2.11. The summed E-state index contributed by atoms with van der Waals surface area (Å²) in [5.41, 5.74) is 7.66. The Labute approximate surface area is 108 Å². The number of anilines is 1. The van der Waals surface area contributed by atoms with Crippen LogP contribution < -0.4 is 5.73 Å². The van der Waals surface area contributed by atoms with E-state index in [-0.39, 0.29) is 5.15 Å². The maximum absolute atomic E-state index is 6.06. The normalized spacial score (nSPS) is 10.4. The van der Waals surface area contributed by atoms with Gasteiger partial charge in [-0.2, -0.15) is 0 Å². The minimum absolute atomic E-state index is 0.280. The first-order chi connectivity index (χ1) is 7.58. The minimum atomic E-state index is 0.280. The molecular formula is C11H7Cl3N2. The zero-order valence-electron chi connectivity index (χ0n) is 8.05. The van der Waals surface area contributed by atoms with E-state index in [4.69, 9.17) is 40.5 Å². The summed E-state index contributed by atoms with van der Waals surface area (Å²) in [4.78, 5) is 3.96. The molecule has 0 aliphatic carbocycles. The summed E-state index contributed by atoms with van der Waals surface area (Å²) in [6.45, 7) is 0. The second-order valence-corrected chi connectivity index (χ2v) is 4.43. The number of pyridine rings is 1. The first-order valence-corrected chi connectivity index (χ1v) is 5.58. The van der Waals surface area contributed by atoms with E-state index in [0.29, 0.717) is 15.7 Å². The van der Waals surface area contributed by atoms with Gasteiger partial charge in [0.1, 0.15) is 0 Å². The SMILES string of the molecule is Nc1cc(-c2cc(Cl)ccc2Cl)cnc1Cl. The second-order valence-electron chi connectivity index (χ2n) is 3.23. The lowest BCUT2D eigenvalue weighted by molar-refractivity contribution is 1.33. The van der Waals surface area contributed by atoms with E-state index in [9.17, 15) is 0 Å². The van der Waals surface area contributed by atoms with Gasteiger partial charge in [0.05, 0.1) is 5.69 Å². The van der Waals surface area contributed by atoms with E-state index in [0.717, 1.165) is 11.1 Å². The number of nitrogens with two attached hydrogens (primary N) is 1. The Kier molecular flexibility index (Phi) is 3.24. The van der Waals surface area contributed by atoms with Gasteiger partial charge in [-0.15, -0.1) is 0 Å². The number of aromatic nitrogens is 1. The van der Waals surface area contributed by atoms with Crippen LogP contribution in [0, 0.1) is 0 Å². The summed E-state index contributed by atoms with van der Waals surface area (Å²) in [6.07, 6.45) is 1.61. The Balaban J connectivity index is 2.58. The van der Waals surface area contributed by atoms with E-state index in [1.54, 1.807) is 30.5 Å². The van der Waals surface area contributed by atoms with Gasteiger partial charge in [-0.1, -0.05) is 34.8 Å². The number of rotatable bonds is 1. The zero-order valence-corrected chi connectivity index (χ0v) is 10.3. The molecule has 0 bridgehead atoms. The smallest absolute Gasteiger partial charge is 0.151 e. The average Bonchev–Trinajstić information content (AvgIpc) is 2.26. The fourth-order valence-corrected chi connectivity index (χ4v) is 1.83. The number of halogens is 3. The van der Waals surface area contributed by atoms with Crippen molar-refractivity contribution in [3.05, 3.63) is 45.7 Å². The maximum atomic E-state index is 6.06. The van der Waals surface area contributed by atoms with Crippen molar-refractivity contribution in [2.45, 2.75) is 0 Å². The molecule has 0 saturated carbocycles. The summed E-state index contributed by atoms with van der Waals surface area (Å²) in [5.74, 6) is 0. The average molecular weight is 274 g/mol. The first kappa shape index (κ1) is 11.5. The van der Waals surface area contributed by atoms with Crippen LogP contribution in [-0.4, -0.2) is 4.98 Å². The molecular weight excluding hydrogens is 266 g/mol. The van der Waals surface area contributed by atoms with Gasteiger partial charge in [-0.25, -0.2) is 4.98 Å². The van der Waals surface area contributed by atoms with Crippen LogP contribution in [0.5, 0.6) is 0 Å². The van der Waals surface area contributed by atoms with Gasteiger partial charge < -0.3 is 5.73 Å². The van der Waals surface area contributed by atoms with Gasteiger partial charge in [0.15, 0.2) is 5.15 Å². The van der Waals surface area contributed by atoms with Gasteiger partial charge in [0.2, 0.25) is 0 Å². The lowest BCUT2D eigenvalue weighted by atomic mass is 10.1. The van der Waals surface area contributed by atoms with Crippen LogP contribution in [0.3, 0.4) is 0 Å². The van der Waals surface area contributed by atoms with Gasteiger partial charge in [0.25, 0.3) is 0 Å². The summed E-state index contributed by atoms with van der Waals surface area (Å²) in [6, 6.07) is 6.92. The van der Waals surface area contributed by atoms with Crippen molar-refractivity contribution in [2.24, 2.45) is 0 Å². The molecule has 2 N–H and O–H groups in total. The molecule has 0 fully saturated rings. The summed E-state index contributed by atoms with van der Waals surface area (Å²) >= 11 is 17.7. The van der Waals surface area contributed by atoms with Crippen molar-refractivity contribution in [1.82, 2.24) is 4.98 Å². The highest BCUT2D eigenvalue weighted by Crippen LogP contribution is 2.32. The van der Waals surface area contributed by atoms with Crippen molar-refractivity contribution in [1.29, 1.82) is 0 Å². The van der Waals surface area contributed by atoms with Crippen LogP contribution in [0.25, 0.3) is 11.1 Å². The quantitative estimate of drug-likeness (QED) is 0.787. The van der Waals surface area contributed by atoms with Gasteiger partial charge >= 0.3 is 0 Å². The molecule has 82 valence electrons. The molecule has 1 heterocycles. The molecule has 2 nitrogen and oxygen atoms in total. The molecule has 0 aliphatic heterocycles. The second kappa shape index (κ2) is 4.50. The van der Waals surface area contributed by atoms with Crippen LogP contribution >= 0.6 is 34.8 Å². The molecule has 2 aromatic rings. The van der Waals surface area contributed by atoms with Crippen LogP contribution in [0.15, 0.2) is 30.5 Å². The Morgan fingerprint density at radius 3 is 2.50 bits per heavy atom. The molecule has 0 atom stereocenters. The van der Waals surface area contributed by atoms with E-state index in [1.807, 2.05) is 0 Å². The van der Waals surface area contributed by atoms with Crippen molar-refractivity contribution in [2.75, 3.05) is 5.73 Å². The molecule has 1 aromatic heterocycles. The predicted molar refractivity (Wildman–Crippen MR) is 69.1 cm³/mol. The van der Waals surface area contributed by atoms with Crippen molar-refractivity contribution in [3.63, 3.8) is 0 Å². The molecule has 1 aromatic carbocycles. The largest absolute Gasteiger partial charge is 0.396 e. The third kappa shape index (κ3) is 2.24. The Morgan fingerprint density at radius 1 is 1.06 bits per heavy atom. The molecule has 0 spiro atoms. The molecule has 0 radical (unpaired) electrons. The topological polar surface area (TPSA) is 38.9 Å². The third-order valence-corrected chi connectivity index (χ3v) is 2.99. The zero-order chi connectivity index (χ0) is 11.7. The Bertz CT molecular complexity index is 541. The van der Waals surface area contributed by atoms with Crippen LogP contribution in [0.2, 0.25) is 15.2 Å². The highest BCUT2D eigenvalue weighted by molar-refractivity contribution is 6.35. The maximum Gasteiger partial charge on any atom is 0.151 e. The van der Waals surface area contributed by atoms with Crippen LogP contribution in [-0.2, 0) is 0 Å². The standard InChI is InChI=1S/C11H7Cl3N2/c12-7-1-2-9(13)8(4-7)6-3-10(15)11(14)16-5-6/h1-5H,15H2. The van der Waals surface area contributed by atoms with Crippen molar-refractivity contribution >= 4 is 40.5 Å². The van der Waals surface area contributed by atoms with Crippen LogP contribution in [0.4, 0.5) is 5.69 Å². The highest BCUT2D eigenvalue weighted by atomic mass is 35.5. The summed E-state index contributed by atoms with van der Waals surface area (Å²) in [5, 5.41) is 1.47. The number of nitrogens with zero attached hydrogens (tertiary/aromatic N) is 1. The van der Waals surface area contributed by atoms with E-state index in [2.05, 4.69) is 4.98 Å². The summed E-state index contributed by atoms with van der Waals surface area (Å²) < 4.78 is 0. The molecule has 0 amide bonds. The first-order valence-electron chi connectivity index (χ1n) is 4.44. The lowest BCUT2D eigenvalue weighted by Crippen LogP contribution is -1.90. The van der Waals surface area contributed by atoms with Gasteiger partial charge in [0, 0.05) is 27.4 Å². The molecule has 5 heteroatoms. The minimum Gasteiger partial charge on any atom is -0.396 e.